The molecular formula is C12H13ClN4. The minimum atomic E-state index is 0.0119. The van der Waals surface area contributed by atoms with Crippen LogP contribution in [0.2, 0.25) is 5.15 Å². The first-order valence-corrected chi connectivity index (χ1v) is 5.64. The molecule has 3 N–H and O–H groups in total. The molecule has 88 valence electrons. The fourth-order valence-electron chi connectivity index (χ4n) is 1.66. The van der Waals surface area contributed by atoms with E-state index in [0.717, 1.165) is 17.5 Å². The van der Waals surface area contributed by atoms with E-state index in [2.05, 4.69) is 15.4 Å². The third-order valence-corrected chi connectivity index (χ3v) is 2.75. The van der Waals surface area contributed by atoms with Gasteiger partial charge in [0.15, 0.2) is 0 Å². The van der Waals surface area contributed by atoms with Crippen molar-refractivity contribution in [3.63, 3.8) is 0 Å². The predicted molar refractivity (Wildman–Crippen MR) is 67.3 cm³/mol. The maximum absolute atomic E-state index is 5.86. The number of aromatic nitrogens is 2. The molecule has 0 aliphatic heterocycles. The molecule has 4 nitrogen and oxygen atoms in total. The van der Waals surface area contributed by atoms with Crippen molar-refractivity contribution < 1.29 is 0 Å². The smallest absolute Gasteiger partial charge is 0.129 e. The first kappa shape index (κ1) is 12.0. The van der Waals surface area contributed by atoms with E-state index in [9.17, 15) is 0 Å². The fraction of sp³-hybridized carbons (Fsp3) is 0.167. The number of nitrogens with zero attached hydrogens (tertiary/aromatic N) is 2. The molecule has 0 aliphatic rings. The monoisotopic (exact) mass is 248 g/mol. The molecule has 0 aliphatic carbocycles. The van der Waals surface area contributed by atoms with Crippen molar-refractivity contribution in [3.8, 4) is 0 Å². The van der Waals surface area contributed by atoms with Crippen molar-refractivity contribution in [3.05, 3.63) is 59.1 Å². The van der Waals surface area contributed by atoms with Crippen molar-refractivity contribution in [2.75, 3.05) is 0 Å². The second-order valence-electron chi connectivity index (χ2n) is 3.69. The Morgan fingerprint density at radius 1 is 1.24 bits per heavy atom. The molecule has 17 heavy (non-hydrogen) atoms. The third kappa shape index (κ3) is 3.23. The number of rotatable bonds is 4. The minimum absolute atomic E-state index is 0.0119. The fourth-order valence-corrected chi connectivity index (χ4v) is 1.84. The van der Waals surface area contributed by atoms with Crippen molar-refractivity contribution in [2.45, 2.75) is 12.5 Å². The van der Waals surface area contributed by atoms with Gasteiger partial charge in [0.1, 0.15) is 5.15 Å². The van der Waals surface area contributed by atoms with E-state index in [0.29, 0.717) is 5.15 Å². The minimum Gasteiger partial charge on any atom is -0.271 e. The van der Waals surface area contributed by atoms with Gasteiger partial charge in [-0.05, 0) is 41.8 Å². The number of hydrogen-bond acceptors (Lipinski definition) is 4. The Bertz CT molecular complexity index is 475. The first-order chi connectivity index (χ1) is 8.29. The van der Waals surface area contributed by atoms with Crippen LogP contribution in [0, 0.1) is 0 Å². The van der Waals surface area contributed by atoms with Crippen LogP contribution in [-0.4, -0.2) is 9.97 Å². The molecule has 0 fully saturated rings. The lowest BCUT2D eigenvalue weighted by molar-refractivity contribution is 0.551. The number of nitrogens with one attached hydrogen (secondary N) is 1. The maximum Gasteiger partial charge on any atom is 0.129 e. The molecule has 0 bridgehead atoms. The zero-order valence-electron chi connectivity index (χ0n) is 9.18. The Labute approximate surface area is 105 Å². The zero-order valence-corrected chi connectivity index (χ0v) is 9.93. The molecule has 0 radical (unpaired) electrons. The van der Waals surface area contributed by atoms with Gasteiger partial charge in [-0.1, -0.05) is 11.6 Å². The summed E-state index contributed by atoms with van der Waals surface area (Å²) < 4.78 is 0. The van der Waals surface area contributed by atoms with Crippen LogP contribution in [-0.2, 0) is 6.42 Å². The summed E-state index contributed by atoms with van der Waals surface area (Å²) in [5.74, 6) is 5.57. The number of hydrogen-bond donors (Lipinski definition) is 2. The summed E-state index contributed by atoms with van der Waals surface area (Å²) in [4.78, 5) is 7.93. The molecule has 2 aromatic heterocycles. The van der Waals surface area contributed by atoms with Gasteiger partial charge < -0.3 is 0 Å². The summed E-state index contributed by atoms with van der Waals surface area (Å²) in [6, 6.07) is 7.66. The molecule has 0 amide bonds. The maximum atomic E-state index is 5.86. The molecule has 2 rings (SSSR count). The molecule has 0 aromatic carbocycles. The van der Waals surface area contributed by atoms with Crippen molar-refractivity contribution in [1.82, 2.24) is 15.4 Å². The first-order valence-electron chi connectivity index (χ1n) is 5.26. The number of halogens is 1. The average molecular weight is 249 g/mol. The predicted octanol–water partition coefficient (Wildman–Crippen LogP) is 1.88. The lowest BCUT2D eigenvalue weighted by atomic mass is 10.0. The lowest BCUT2D eigenvalue weighted by Crippen LogP contribution is -2.29. The number of pyridine rings is 2. The molecule has 1 atom stereocenters. The highest BCUT2D eigenvalue weighted by Crippen LogP contribution is 2.19. The normalized spacial score (nSPS) is 12.4. The second-order valence-corrected chi connectivity index (χ2v) is 4.08. The van der Waals surface area contributed by atoms with E-state index >= 15 is 0 Å². The van der Waals surface area contributed by atoms with Gasteiger partial charge in [-0.15, -0.1) is 0 Å². The number of nitrogens with two attached hydrogens (primary N) is 1. The van der Waals surface area contributed by atoms with Crippen LogP contribution in [0.1, 0.15) is 17.2 Å². The van der Waals surface area contributed by atoms with Crippen molar-refractivity contribution in [1.29, 1.82) is 0 Å². The van der Waals surface area contributed by atoms with E-state index in [4.69, 9.17) is 17.4 Å². The Balaban J connectivity index is 2.17. The second kappa shape index (κ2) is 5.72. The average Bonchev–Trinajstić information content (AvgIpc) is 2.37. The van der Waals surface area contributed by atoms with Crippen LogP contribution in [0.3, 0.4) is 0 Å². The van der Waals surface area contributed by atoms with Gasteiger partial charge in [-0.25, -0.2) is 4.98 Å². The van der Waals surface area contributed by atoms with Gasteiger partial charge in [-0.2, -0.15) is 0 Å². The number of hydrazine groups is 1. The van der Waals surface area contributed by atoms with Crippen LogP contribution in [0.5, 0.6) is 0 Å². The van der Waals surface area contributed by atoms with E-state index < -0.39 is 0 Å². The summed E-state index contributed by atoms with van der Waals surface area (Å²) in [6.45, 7) is 0. The highest BCUT2D eigenvalue weighted by Gasteiger charge is 2.10. The Hall–Kier alpha value is -1.49. The molecule has 1 unspecified atom stereocenters. The van der Waals surface area contributed by atoms with Crippen LogP contribution < -0.4 is 11.3 Å². The summed E-state index contributed by atoms with van der Waals surface area (Å²) in [5.41, 5.74) is 4.97. The Kier molecular flexibility index (Phi) is 4.03. The van der Waals surface area contributed by atoms with E-state index in [1.807, 2.05) is 24.3 Å². The van der Waals surface area contributed by atoms with E-state index in [1.165, 1.54) is 0 Å². The van der Waals surface area contributed by atoms with Gasteiger partial charge in [-0.3, -0.25) is 16.3 Å². The molecule has 2 aromatic rings. The molecule has 2 heterocycles. The van der Waals surface area contributed by atoms with Crippen LogP contribution in [0.4, 0.5) is 0 Å². The van der Waals surface area contributed by atoms with Crippen molar-refractivity contribution >= 4 is 11.6 Å². The molecule has 5 heteroatoms. The largest absolute Gasteiger partial charge is 0.271 e. The SMILES string of the molecule is NNC(Cc1ccncc1)c1ccnc(Cl)c1. The third-order valence-electron chi connectivity index (χ3n) is 2.54. The van der Waals surface area contributed by atoms with Crippen molar-refractivity contribution in [2.24, 2.45) is 5.84 Å². The molecule has 0 saturated heterocycles. The van der Waals surface area contributed by atoms with Crippen LogP contribution in [0.15, 0.2) is 42.9 Å². The van der Waals surface area contributed by atoms with Crippen LogP contribution >= 0.6 is 11.6 Å². The summed E-state index contributed by atoms with van der Waals surface area (Å²) in [5, 5.41) is 0.470. The topological polar surface area (TPSA) is 63.8 Å². The highest BCUT2D eigenvalue weighted by molar-refractivity contribution is 6.29. The van der Waals surface area contributed by atoms with E-state index in [-0.39, 0.29) is 6.04 Å². The summed E-state index contributed by atoms with van der Waals surface area (Å²) >= 11 is 5.86. The standard InChI is InChI=1S/C12H13ClN4/c13-12-8-10(3-6-16-12)11(17-14)7-9-1-4-15-5-2-9/h1-6,8,11,17H,7,14H2. The highest BCUT2D eigenvalue weighted by atomic mass is 35.5. The van der Waals surface area contributed by atoms with Gasteiger partial charge in [0.05, 0.1) is 6.04 Å². The van der Waals surface area contributed by atoms with Gasteiger partial charge >= 0.3 is 0 Å². The zero-order chi connectivity index (χ0) is 12.1. The molecular weight excluding hydrogens is 236 g/mol. The Morgan fingerprint density at radius 3 is 2.65 bits per heavy atom. The summed E-state index contributed by atoms with van der Waals surface area (Å²) in [7, 11) is 0. The lowest BCUT2D eigenvalue weighted by Gasteiger charge is -2.16. The van der Waals surface area contributed by atoms with Gasteiger partial charge in [0.25, 0.3) is 0 Å². The van der Waals surface area contributed by atoms with E-state index in [1.54, 1.807) is 18.6 Å². The Morgan fingerprint density at radius 2 is 2.00 bits per heavy atom. The van der Waals surface area contributed by atoms with Gasteiger partial charge in [0, 0.05) is 18.6 Å². The molecule has 0 saturated carbocycles. The summed E-state index contributed by atoms with van der Waals surface area (Å²) in [6.07, 6.45) is 5.98. The molecule has 0 spiro atoms. The van der Waals surface area contributed by atoms with Gasteiger partial charge in [0.2, 0.25) is 0 Å². The quantitative estimate of drug-likeness (QED) is 0.493. The van der Waals surface area contributed by atoms with Crippen LogP contribution in [0.25, 0.3) is 0 Å².